The van der Waals surface area contributed by atoms with Gasteiger partial charge in [-0.3, -0.25) is 33.9 Å². The molecule has 0 aliphatic rings. The summed E-state index contributed by atoms with van der Waals surface area (Å²) in [5, 5.41) is 8.73. The molecule has 0 saturated carbocycles. The number of aromatic nitrogens is 4. The number of ether oxygens (including phenoxy) is 2. The number of carbonyl (C=O) groups excluding carboxylic acids is 6. The molecule has 0 radical (unpaired) electrons. The Kier molecular flexibility index (Phi) is 19.9. The van der Waals surface area contributed by atoms with E-state index >= 15 is 0 Å². The fourth-order valence-electron chi connectivity index (χ4n) is 5.83. The van der Waals surface area contributed by atoms with Crippen molar-refractivity contribution in [2.75, 3.05) is 0 Å². The van der Waals surface area contributed by atoms with Crippen molar-refractivity contribution in [1.82, 2.24) is 19.9 Å². The number of benzene rings is 4. The molecule has 0 aliphatic heterocycles. The number of pyridine rings is 4. The molecule has 4 aromatic carbocycles. The number of primary amides is 2. The first-order valence-electron chi connectivity index (χ1n) is 21.5. The van der Waals surface area contributed by atoms with Crippen molar-refractivity contribution >= 4 is 41.1 Å². The van der Waals surface area contributed by atoms with Crippen LogP contribution < -0.4 is 20.9 Å². The van der Waals surface area contributed by atoms with E-state index in [4.69, 9.17) is 26.0 Å². The number of carboxylic acid groups (broad SMARTS) is 1. The molecular weight excluding hydrogens is 905 g/mol. The number of amides is 2. The second-order valence-electron chi connectivity index (χ2n) is 14.9. The first kappa shape index (κ1) is 52.1. The molecule has 0 aliphatic carbocycles. The number of rotatable bonds is 15. The minimum absolute atomic E-state index is 0.0246. The molecule has 16 heteroatoms. The molecule has 16 nitrogen and oxygen atoms in total. The summed E-state index contributed by atoms with van der Waals surface area (Å²) in [6.07, 6.45) is 5.86. The number of hydrogen-bond acceptors (Lipinski definition) is 13. The van der Waals surface area contributed by atoms with Gasteiger partial charge in [0.2, 0.25) is 23.6 Å². The SMILES string of the molecule is CC(=O)c1ccc(CC(=O)c2ccccc2)nc1.NC(=O)c1ccc(OC(=O)c2ccccc2)nc1.NC(=O)c1ccc(OCc2ccccc2)nc1.O=C(O)c1ccc(CC(=O)c2ccccc2)nc1. The average Bonchev–Trinajstić information content (AvgIpc) is 3.40. The highest BCUT2D eigenvalue weighted by Gasteiger charge is 2.12. The van der Waals surface area contributed by atoms with Crippen molar-refractivity contribution in [3.8, 4) is 11.8 Å². The van der Waals surface area contributed by atoms with E-state index in [-0.39, 0.29) is 47.2 Å². The maximum atomic E-state index is 11.9. The van der Waals surface area contributed by atoms with Gasteiger partial charge in [-0.15, -0.1) is 0 Å². The summed E-state index contributed by atoms with van der Waals surface area (Å²) in [6.45, 7) is 1.94. The Bertz CT molecular complexity index is 2760. The molecule has 0 spiro atoms. The lowest BCUT2D eigenvalue weighted by atomic mass is 10.1. The molecule has 0 unspecified atom stereocenters. The highest BCUT2D eigenvalue weighted by molar-refractivity contribution is 5.98. The van der Waals surface area contributed by atoms with Crippen molar-refractivity contribution in [3.05, 3.63) is 251 Å². The molecule has 4 heterocycles. The Morgan fingerprint density at radius 2 is 0.831 bits per heavy atom. The van der Waals surface area contributed by atoms with Crippen molar-refractivity contribution in [3.63, 3.8) is 0 Å². The topological polar surface area (TPSA) is 262 Å². The summed E-state index contributed by atoms with van der Waals surface area (Å²) in [5.41, 5.74) is 15.5. The van der Waals surface area contributed by atoms with Crippen LogP contribution >= 0.6 is 0 Å². The number of nitrogens with two attached hydrogens (primary N) is 2. The number of aromatic carboxylic acids is 1. The van der Waals surface area contributed by atoms with Crippen LogP contribution in [-0.2, 0) is 19.4 Å². The highest BCUT2D eigenvalue weighted by Crippen LogP contribution is 2.13. The highest BCUT2D eigenvalue weighted by atomic mass is 16.5. The van der Waals surface area contributed by atoms with Crippen LogP contribution in [0.5, 0.6) is 11.8 Å². The smallest absolute Gasteiger partial charge is 0.344 e. The third-order valence-electron chi connectivity index (χ3n) is 9.66. The molecule has 71 heavy (non-hydrogen) atoms. The van der Waals surface area contributed by atoms with Crippen molar-refractivity contribution in [2.45, 2.75) is 26.4 Å². The van der Waals surface area contributed by atoms with Gasteiger partial charge < -0.3 is 26.0 Å². The van der Waals surface area contributed by atoms with Gasteiger partial charge in [-0.05, 0) is 61.0 Å². The lowest BCUT2D eigenvalue weighted by Crippen LogP contribution is -2.12. The standard InChI is InChI=1S/C15H13NO2.C14H11NO3.C13H10N2O3.C13H12N2O2/c1-11(17)13-7-8-14(16-10-13)9-15(18)12-5-3-2-4-6-12;16-13(10-4-2-1-3-5-10)8-12-7-6-11(9-15-12)14(17)18;14-12(16)10-6-7-11(15-8-10)18-13(17)9-4-2-1-3-5-9;14-13(16)11-6-7-12(15-8-11)17-9-10-4-2-1-3-5-10/h2-8,10H,9H2,1H3;1-7,9H,8H2,(H,17,18);1-8H,(H2,14,16);1-8H,9H2,(H2,14,16). The summed E-state index contributed by atoms with van der Waals surface area (Å²) < 4.78 is 10.5. The number of esters is 1. The van der Waals surface area contributed by atoms with Gasteiger partial charge in [0.15, 0.2) is 17.3 Å². The fraction of sp³-hybridized carbons (Fsp3) is 0.0727. The van der Waals surface area contributed by atoms with Crippen LogP contribution in [0.15, 0.2) is 195 Å². The quantitative estimate of drug-likeness (QED) is 0.0648. The number of carboxylic acids is 1. The van der Waals surface area contributed by atoms with Gasteiger partial charge in [0.25, 0.3) is 0 Å². The van der Waals surface area contributed by atoms with E-state index in [9.17, 15) is 33.6 Å². The average molecular weight is 951 g/mol. The van der Waals surface area contributed by atoms with Crippen molar-refractivity contribution in [1.29, 1.82) is 0 Å². The van der Waals surface area contributed by atoms with E-state index in [1.165, 1.54) is 49.9 Å². The third kappa shape index (κ3) is 17.7. The van der Waals surface area contributed by atoms with Gasteiger partial charge in [-0.2, -0.15) is 0 Å². The van der Waals surface area contributed by atoms with Crippen LogP contribution in [0.25, 0.3) is 0 Å². The molecular formula is C55H46N6O10. The van der Waals surface area contributed by atoms with E-state index < -0.39 is 23.8 Å². The number of hydrogen-bond donors (Lipinski definition) is 3. The summed E-state index contributed by atoms with van der Waals surface area (Å²) in [5.74, 6) is -2.05. The number of Topliss-reactive ketones (excluding diaryl/α,β-unsaturated/α-hetero) is 3. The Hall–Kier alpha value is -9.83. The predicted octanol–water partition coefficient (Wildman–Crippen LogP) is 8.07. The Balaban J connectivity index is 0.000000176. The second kappa shape index (κ2) is 27.1. The van der Waals surface area contributed by atoms with Gasteiger partial charge in [-0.1, -0.05) is 109 Å². The first-order chi connectivity index (χ1) is 34.2. The molecule has 356 valence electrons. The molecule has 8 rings (SSSR count). The van der Waals surface area contributed by atoms with E-state index in [0.717, 1.165) is 5.56 Å². The molecule has 0 fully saturated rings. The molecule has 4 aromatic heterocycles. The molecule has 5 N–H and O–H groups in total. The van der Waals surface area contributed by atoms with Crippen LogP contribution in [0.3, 0.4) is 0 Å². The zero-order chi connectivity index (χ0) is 51.0. The lowest BCUT2D eigenvalue weighted by molar-refractivity contribution is 0.0692. The zero-order valence-electron chi connectivity index (χ0n) is 38.2. The summed E-state index contributed by atoms with van der Waals surface area (Å²) >= 11 is 0. The maximum absolute atomic E-state index is 11.9. The van der Waals surface area contributed by atoms with E-state index in [2.05, 4.69) is 19.9 Å². The summed E-state index contributed by atoms with van der Waals surface area (Å²) in [4.78, 5) is 94.8. The Labute approximate surface area is 408 Å². The first-order valence-corrected chi connectivity index (χ1v) is 21.5. The lowest BCUT2D eigenvalue weighted by Gasteiger charge is -2.05. The number of ketones is 3. The van der Waals surface area contributed by atoms with Gasteiger partial charge in [-0.25, -0.2) is 19.6 Å². The van der Waals surface area contributed by atoms with Gasteiger partial charge in [0.05, 0.1) is 35.1 Å². The van der Waals surface area contributed by atoms with Crippen LogP contribution in [-0.4, -0.2) is 66.1 Å². The molecule has 0 bridgehead atoms. The van der Waals surface area contributed by atoms with Crippen LogP contribution in [0.2, 0.25) is 0 Å². The monoisotopic (exact) mass is 950 g/mol. The summed E-state index contributed by atoms with van der Waals surface area (Å²) in [6, 6.07) is 48.9. The third-order valence-corrected chi connectivity index (χ3v) is 9.66. The van der Waals surface area contributed by atoms with Crippen LogP contribution in [0, 0.1) is 0 Å². The minimum atomic E-state index is -1.02. The summed E-state index contributed by atoms with van der Waals surface area (Å²) in [7, 11) is 0. The Morgan fingerprint density at radius 1 is 0.437 bits per heavy atom. The van der Waals surface area contributed by atoms with E-state index in [0.29, 0.717) is 51.7 Å². The molecule has 0 atom stereocenters. The van der Waals surface area contributed by atoms with E-state index in [1.807, 2.05) is 54.6 Å². The van der Waals surface area contributed by atoms with Gasteiger partial charge >= 0.3 is 11.9 Å². The predicted molar refractivity (Wildman–Crippen MR) is 262 cm³/mol. The molecule has 8 aromatic rings. The normalized spacial score (nSPS) is 9.93. The van der Waals surface area contributed by atoms with E-state index in [1.54, 1.807) is 97.1 Å². The zero-order valence-corrected chi connectivity index (χ0v) is 38.2. The largest absolute Gasteiger partial charge is 0.478 e. The van der Waals surface area contributed by atoms with Crippen LogP contribution in [0.4, 0.5) is 0 Å². The van der Waals surface area contributed by atoms with Crippen molar-refractivity contribution in [2.24, 2.45) is 11.5 Å². The fourth-order valence-corrected chi connectivity index (χ4v) is 5.83. The Morgan fingerprint density at radius 3 is 1.21 bits per heavy atom. The molecule has 2 amide bonds. The molecule has 0 saturated heterocycles. The van der Waals surface area contributed by atoms with Gasteiger partial charge in [0.1, 0.15) is 6.61 Å². The number of carbonyl (C=O) groups is 7. The van der Waals surface area contributed by atoms with Crippen molar-refractivity contribution < 1.29 is 48.1 Å². The number of nitrogens with zero attached hydrogens (tertiary/aromatic N) is 4. The minimum Gasteiger partial charge on any atom is -0.478 e. The van der Waals surface area contributed by atoms with Crippen LogP contribution in [0.1, 0.15) is 96.4 Å². The maximum Gasteiger partial charge on any atom is 0.344 e. The second-order valence-corrected chi connectivity index (χ2v) is 14.9. The van der Waals surface area contributed by atoms with Gasteiger partial charge in [0, 0.05) is 65.0 Å².